The van der Waals surface area contributed by atoms with Gasteiger partial charge in [0, 0.05) is 37.5 Å². The van der Waals surface area contributed by atoms with Crippen LogP contribution in [0.1, 0.15) is 31.4 Å². The van der Waals surface area contributed by atoms with Crippen molar-refractivity contribution in [1.29, 1.82) is 0 Å². The molecule has 3 heterocycles. The molecule has 2 aromatic heterocycles. The quantitative estimate of drug-likeness (QED) is 0.678. The van der Waals surface area contributed by atoms with E-state index in [1.807, 2.05) is 36.5 Å². The molecule has 1 atom stereocenters. The van der Waals surface area contributed by atoms with Gasteiger partial charge in [-0.3, -0.25) is 4.79 Å². The maximum Gasteiger partial charge on any atom is 0.243 e. The van der Waals surface area contributed by atoms with Crippen LogP contribution in [0.15, 0.2) is 48.7 Å². The highest BCUT2D eigenvalue weighted by Gasteiger charge is 2.25. The van der Waals surface area contributed by atoms with Crippen molar-refractivity contribution in [3.05, 3.63) is 54.2 Å². The summed E-state index contributed by atoms with van der Waals surface area (Å²) in [5.74, 6) is 0.825. The predicted molar refractivity (Wildman–Crippen MR) is 116 cm³/mol. The molecule has 1 N–H and O–H groups in total. The number of fused-ring (bicyclic) bond motifs is 1. The highest BCUT2D eigenvalue weighted by Crippen LogP contribution is 2.32. The molecule has 0 unspecified atom stereocenters. The van der Waals surface area contributed by atoms with E-state index in [2.05, 4.69) is 38.8 Å². The van der Waals surface area contributed by atoms with Crippen molar-refractivity contribution in [2.75, 3.05) is 26.7 Å². The monoisotopic (exact) mass is 389 g/mol. The molecule has 1 aliphatic rings. The predicted octanol–water partition coefficient (Wildman–Crippen LogP) is 3.51. The summed E-state index contributed by atoms with van der Waals surface area (Å²) in [6, 6.07) is 12.5. The summed E-state index contributed by atoms with van der Waals surface area (Å²) >= 11 is 0. The van der Waals surface area contributed by atoms with Gasteiger partial charge < -0.3 is 14.8 Å². The summed E-state index contributed by atoms with van der Waals surface area (Å²) in [6.07, 6.45) is 7.52. The maximum absolute atomic E-state index is 11.6. The molecule has 1 aliphatic heterocycles. The minimum absolute atomic E-state index is 0.117. The van der Waals surface area contributed by atoms with Crippen molar-refractivity contribution >= 4 is 23.1 Å². The first-order valence-corrected chi connectivity index (χ1v) is 10.2. The third kappa shape index (κ3) is 4.07. The molecule has 150 valence electrons. The number of rotatable bonds is 5. The Labute approximate surface area is 171 Å². The standard InChI is InChI=1S/C23H27N5O/c1-3-27-14-6-9-19(16-27)28-22(26-20-10-5-13-25-23(20)28)18-8-4-7-17(15-18)11-12-21(29)24-2/h4-5,7-8,10-13,15,19H,3,6,9,14,16H2,1-2H3,(H,24,29)/b12-11+/t19-/m1/s1. The summed E-state index contributed by atoms with van der Waals surface area (Å²) < 4.78 is 2.32. The molecule has 1 aromatic carbocycles. The van der Waals surface area contributed by atoms with Crippen LogP contribution in [0.4, 0.5) is 0 Å². The van der Waals surface area contributed by atoms with Crippen molar-refractivity contribution in [2.24, 2.45) is 0 Å². The Morgan fingerprint density at radius 3 is 3.03 bits per heavy atom. The first-order valence-electron chi connectivity index (χ1n) is 10.2. The number of hydrogen-bond donors (Lipinski definition) is 1. The molecule has 0 aliphatic carbocycles. The van der Waals surface area contributed by atoms with Crippen LogP contribution in [-0.2, 0) is 4.79 Å². The van der Waals surface area contributed by atoms with Crippen molar-refractivity contribution in [3.63, 3.8) is 0 Å². The molecule has 6 heteroatoms. The van der Waals surface area contributed by atoms with Crippen molar-refractivity contribution in [1.82, 2.24) is 24.8 Å². The molecule has 0 saturated carbocycles. The maximum atomic E-state index is 11.6. The highest BCUT2D eigenvalue weighted by atomic mass is 16.1. The number of amides is 1. The van der Waals surface area contributed by atoms with E-state index in [9.17, 15) is 4.79 Å². The fourth-order valence-electron chi connectivity index (χ4n) is 4.04. The highest BCUT2D eigenvalue weighted by molar-refractivity contribution is 5.91. The van der Waals surface area contributed by atoms with E-state index in [0.29, 0.717) is 6.04 Å². The number of carbonyl (C=O) groups is 1. The number of benzene rings is 1. The molecule has 29 heavy (non-hydrogen) atoms. The number of likely N-dealkylation sites (N-methyl/N-ethyl adjacent to an activating group) is 2. The SMILES string of the molecule is CCN1CCC[C@@H](n2c(-c3cccc(/C=C/C(=O)NC)c3)nc3cccnc32)C1. The van der Waals surface area contributed by atoms with E-state index >= 15 is 0 Å². The van der Waals surface area contributed by atoms with E-state index < -0.39 is 0 Å². The first kappa shape index (κ1) is 19.3. The molecular weight excluding hydrogens is 362 g/mol. The van der Waals surface area contributed by atoms with Crippen LogP contribution >= 0.6 is 0 Å². The van der Waals surface area contributed by atoms with Gasteiger partial charge in [-0.15, -0.1) is 0 Å². The number of pyridine rings is 1. The fourth-order valence-corrected chi connectivity index (χ4v) is 4.04. The molecule has 0 spiro atoms. The number of likely N-dealkylation sites (tertiary alicyclic amines) is 1. The van der Waals surface area contributed by atoms with Gasteiger partial charge in [-0.2, -0.15) is 0 Å². The Morgan fingerprint density at radius 1 is 1.31 bits per heavy atom. The molecule has 6 nitrogen and oxygen atoms in total. The van der Waals surface area contributed by atoms with Gasteiger partial charge >= 0.3 is 0 Å². The van der Waals surface area contributed by atoms with Crippen LogP contribution in [-0.4, -0.2) is 52.0 Å². The van der Waals surface area contributed by atoms with Crippen LogP contribution < -0.4 is 5.32 Å². The average molecular weight is 390 g/mol. The number of piperidine rings is 1. The number of hydrogen-bond acceptors (Lipinski definition) is 4. The van der Waals surface area contributed by atoms with Gasteiger partial charge in [0.15, 0.2) is 5.65 Å². The van der Waals surface area contributed by atoms with E-state index in [0.717, 1.165) is 54.2 Å². The Hall–Kier alpha value is -2.99. The number of nitrogens with zero attached hydrogens (tertiary/aromatic N) is 4. The van der Waals surface area contributed by atoms with Gasteiger partial charge in [0.1, 0.15) is 11.3 Å². The van der Waals surface area contributed by atoms with Crippen molar-refractivity contribution < 1.29 is 4.79 Å². The lowest BCUT2D eigenvalue weighted by atomic mass is 10.0. The summed E-state index contributed by atoms with van der Waals surface area (Å²) in [7, 11) is 1.63. The smallest absolute Gasteiger partial charge is 0.243 e. The van der Waals surface area contributed by atoms with Crippen LogP contribution in [0.2, 0.25) is 0 Å². The number of aromatic nitrogens is 3. The van der Waals surface area contributed by atoms with Gasteiger partial charge in [0.25, 0.3) is 0 Å². The van der Waals surface area contributed by atoms with Gasteiger partial charge in [0.2, 0.25) is 5.91 Å². The Kier molecular flexibility index (Phi) is 5.71. The second-order valence-corrected chi connectivity index (χ2v) is 7.41. The number of nitrogens with one attached hydrogen (secondary N) is 1. The Balaban J connectivity index is 1.78. The second-order valence-electron chi connectivity index (χ2n) is 7.41. The van der Waals surface area contributed by atoms with Crippen LogP contribution in [0.3, 0.4) is 0 Å². The summed E-state index contributed by atoms with van der Waals surface area (Å²) in [5.41, 5.74) is 3.87. The first-order chi connectivity index (χ1) is 14.2. The van der Waals surface area contributed by atoms with Gasteiger partial charge in [0.05, 0.1) is 0 Å². The van der Waals surface area contributed by atoms with Gasteiger partial charge in [-0.25, -0.2) is 9.97 Å². The molecule has 3 aromatic rings. The zero-order valence-corrected chi connectivity index (χ0v) is 17.0. The summed E-state index contributed by atoms with van der Waals surface area (Å²) in [4.78, 5) is 23.6. The van der Waals surface area contributed by atoms with Gasteiger partial charge in [-0.1, -0.05) is 25.1 Å². The van der Waals surface area contributed by atoms with Crippen LogP contribution in [0, 0.1) is 0 Å². The molecule has 0 bridgehead atoms. The van der Waals surface area contributed by atoms with Crippen molar-refractivity contribution in [3.8, 4) is 11.4 Å². The third-order valence-corrected chi connectivity index (χ3v) is 5.56. The Bertz CT molecular complexity index is 1040. The van der Waals surface area contributed by atoms with E-state index in [1.165, 1.54) is 6.42 Å². The molecule has 1 fully saturated rings. The minimum atomic E-state index is -0.117. The van der Waals surface area contributed by atoms with Crippen LogP contribution in [0.25, 0.3) is 28.6 Å². The molecular formula is C23H27N5O. The topological polar surface area (TPSA) is 63.1 Å². The largest absolute Gasteiger partial charge is 0.356 e. The molecule has 0 radical (unpaired) electrons. The second kappa shape index (κ2) is 8.57. The average Bonchev–Trinajstić information content (AvgIpc) is 3.17. The van der Waals surface area contributed by atoms with Crippen molar-refractivity contribution in [2.45, 2.75) is 25.8 Å². The lowest BCUT2D eigenvalue weighted by molar-refractivity contribution is -0.115. The zero-order chi connectivity index (χ0) is 20.2. The fraction of sp³-hybridized carbons (Fsp3) is 0.348. The Morgan fingerprint density at radius 2 is 2.21 bits per heavy atom. The van der Waals surface area contributed by atoms with Gasteiger partial charge in [-0.05, 0) is 55.8 Å². The van der Waals surface area contributed by atoms with E-state index in [-0.39, 0.29) is 5.91 Å². The zero-order valence-electron chi connectivity index (χ0n) is 17.0. The normalized spacial score (nSPS) is 17.8. The van der Waals surface area contributed by atoms with E-state index in [4.69, 9.17) is 4.98 Å². The lowest BCUT2D eigenvalue weighted by Gasteiger charge is -2.33. The third-order valence-electron chi connectivity index (χ3n) is 5.56. The molecule has 4 rings (SSSR count). The van der Waals surface area contributed by atoms with Crippen LogP contribution in [0.5, 0.6) is 0 Å². The molecule has 1 saturated heterocycles. The minimum Gasteiger partial charge on any atom is -0.356 e. The number of imidazole rings is 1. The molecule has 1 amide bonds. The lowest BCUT2D eigenvalue weighted by Crippen LogP contribution is -2.36. The van der Waals surface area contributed by atoms with E-state index in [1.54, 1.807) is 13.1 Å². The summed E-state index contributed by atoms with van der Waals surface area (Å²) in [5, 5.41) is 2.61. The number of carbonyl (C=O) groups excluding carboxylic acids is 1. The summed E-state index contributed by atoms with van der Waals surface area (Å²) in [6.45, 7) is 5.45.